The average molecular weight is 337 g/mol. The fourth-order valence-electron chi connectivity index (χ4n) is 1.79. The number of aryl methyl sites for hydroxylation is 1. The number of rotatable bonds is 7. The summed E-state index contributed by atoms with van der Waals surface area (Å²) in [6.07, 6.45) is 0.728. The number of hydrogen-bond acceptors (Lipinski definition) is 6. The van der Waals surface area contributed by atoms with Gasteiger partial charge >= 0.3 is 0 Å². The molecule has 1 amide bonds. The van der Waals surface area contributed by atoms with Gasteiger partial charge in [0, 0.05) is 5.69 Å². The van der Waals surface area contributed by atoms with Gasteiger partial charge in [-0.15, -0.1) is 10.2 Å². The van der Waals surface area contributed by atoms with E-state index in [0.717, 1.165) is 27.2 Å². The summed E-state index contributed by atoms with van der Waals surface area (Å²) in [4.78, 5) is 12.4. The molecular formula is C15H19N3O2S2. The Kier molecular flexibility index (Phi) is 6.21. The van der Waals surface area contributed by atoms with Crippen LogP contribution in [0.3, 0.4) is 0 Å². The third-order valence-electron chi connectivity index (χ3n) is 2.85. The number of nitrogens with zero attached hydrogens (tertiary/aromatic N) is 2. The molecule has 1 heterocycles. The van der Waals surface area contributed by atoms with E-state index in [1.54, 1.807) is 0 Å². The lowest BCUT2D eigenvalue weighted by atomic mass is 10.2. The Labute approximate surface area is 138 Å². The molecule has 7 heteroatoms. The summed E-state index contributed by atoms with van der Waals surface area (Å²) < 4.78 is 6.21. The second kappa shape index (κ2) is 8.14. The number of aromatic nitrogens is 2. The maximum Gasteiger partial charge on any atom is 0.237 e. The molecular weight excluding hydrogens is 318 g/mol. The third kappa shape index (κ3) is 4.71. The molecule has 0 bridgehead atoms. The molecule has 0 aliphatic rings. The normalized spacial score (nSPS) is 12.0. The second-order valence-electron chi connectivity index (χ2n) is 4.55. The van der Waals surface area contributed by atoms with E-state index in [1.165, 1.54) is 23.1 Å². The van der Waals surface area contributed by atoms with Crippen LogP contribution in [0.1, 0.15) is 25.3 Å². The van der Waals surface area contributed by atoms with E-state index in [0.29, 0.717) is 6.61 Å². The van der Waals surface area contributed by atoms with Crippen LogP contribution in [0.5, 0.6) is 5.75 Å². The monoisotopic (exact) mass is 337 g/mol. The molecule has 0 aliphatic carbocycles. The molecule has 22 heavy (non-hydrogen) atoms. The molecule has 5 nitrogen and oxygen atoms in total. The fourth-order valence-corrected chi connectivity index (χ4v) is 3.78. The van der Waals surface area contributed by atoms with Crippen LogP contribution >= 0.6 is 23.1 Å². The summed E-state index contributed by atoms with van der Waals surface area (Å²) in [7, 11) is 0. The van der Waals surface area contributed by atoms with Crippen LogP contribution in [0.2, 0.25) is 0 Å². The van der Waals surface area contributed by atoms with E-state index in [9.17, 15) is 4.79 Å². The van der Waals surface area contributed by atoms with Gasteiger partial charge in [0.05, 0.1) is 11.9 Å². The molecule has 1 atom stereocenters. The number of ether oxygens (including phenoxy) is 1. The summed E-state index contributed by atoms with van der Waals surface area (Å²) >= 11 is 2.96. The highest BCUT2D eigenvalue weighted by Gasteiger charge is 2.20. The van der Waals surface area contributed by atoms with Crippen molar-refractivity contribution in [3.05, 3.63) is 29.3 Å². The van der Waals surface area contributed by atoms with E-state index < -0.39 is 0 Å². The highest BCUT2D eigenvalue weighted by Crippen LogP contribution is 2.29. The molecule has 0 saturated carbocycles. The van der Waals surface area contributed by atoms with Crippen LogP contribution in [0.4, 0.5) is 5.69 Å². The molecule has 0 spiro atoms. The standard InChI is InChI=1S/C15H19N3O2S2/c1-4-13(22-15-18-17-10(3)21-15)14(19)16-11-6-8-12(9-7-11)20-5-2/h6-9,13H,4-5H2,1-3H3,(H,16,19). The predicted molar refractivity (Wildman–Crippen MR) is 90.8 cm³/mol. The molecule has 0 saturated heterocycles. The Balaban J connectivity index is 1.96. The minimum absolute atomic E-state index is 0.0236. The van der Waals surface area contributed by atoms with Crippen molar-refractivity contribution < 1.29 is 9.53 Å². The topological polar surface area (TPSA) is 64.1 Å². The van der Waals surface area contributed by atoms with Crippen LogP contribution in [0.15, 0.2) is 28.6 Å². The third-order valence-corrected chi connectivity index (χ3v) is 5.13. The molecule has 1 aromatic carbocycles. The minimum Gasteiger partial charge on any atom is -0.494 e. The van der Waals surface area contributed by atoms with Crippen molar-refractivity contribution in [2.45, 2.75) is 36.8 Å². The zero-order chi connectivity index (χ0) is 15.9. The van der Waals surface area contributed by atoms with Crippen LogP contribution in [0.25, 0.3) is 0 Å². The number of anilines is 1. The summed E-state index contributed by atoms with van der Waals surface area (Å²) in [6.45, 7) is 6.46. The zero-order valence-electron chi connectivity index (χ0n) is 12.8. The van der Waals surface area contributed by atoms with Crippen LogP contribution in [-0.2, 0) is 4.79 Å². The van der Waals surface area contributed by atoms with Gasteiger partial charge in [-0.3, -0.25) is 4.79 Å². The number of hydrogen-bond donors (Lipinski definition) is 1. The summed E-state index contributed by atoms with van der Waals surface area (Å²) in [5, 5.41) is 11.7. The Morgan fingerprint density at radius 2 is 2.05 bits per heavy atom. The van der Waals surface area contributed by atoms with Crippen molar-refractivity contribution in [2.75, 3.05) is 11.9 Å². The first kappa shape index (κ1) is 16.8. The first-order valence-electron chi connectivity index (χ1n) is 7.12. The molecule has 1 aromatic heterocycles. The lowest BCUT2D eigenvalue weighted by molar-refractivity contribution is -0.115. The molecule has 2 aromatic rings. The highest BCUT2D eigenvalue weighted by atomic mass is 32.2. The smallest absolute Gasteiger partial charge is 0.237 e. The summed E-state index contributed by atoms with van der Waals surface area (Å²) in [5.41, 5.74) is 0.765. The van der Waals surface area contributed by atoms with Crippen LogP contribution < -0.4 is 10.1 Å². The Hall–Kier alpha value is -1.60. The zero-order valence-corrected chi connectivity index (χ0v) is 14.5. The molecule has 118 valence electrons. The van der Waals surface area contributed by atoms with Crippen molar-refractivity contribution in [3.63, 3.8) is 0 Å². The number of amides is 1. The van der Waals surface area contributed by atoms with E-state index in [1.807, 2.05) is 45.0 Å². The molecule has 0 aliphatic heterocycles. The summed E-state index contributed by atoms with van der Waals surface area (Å²) in [6, 6.07) is 7.38. The fraction of sp³-hybridized carbons (Fsp3) is 0.400. The highest BCUT2D eigenvalue weighted by molar-refractivity contribution is 8.02. The van der Waals surface area contributed by atoms with Gasteiger partial charge in [0.1, 0.15) is 10.8 Å². The van der Waals surface area contributed by atoms with Crippen molar-refractivity contribution in [2.24, 2.45) is 0 Å². The van der Waals surface area contributed by atoms with E-state index in [4.69, 9.17) is 4.74 Å². The van der Waals surface area contributed by atoms with Gasteiger partial charge in [-0.25, -0.2) is 0 Å². The predicted octanol–water partition coefficient (Wildman–Crippen LogP) is 3.75. The first-order valence-corrected chi connectivity index (χ1v) is 8.82. The maximum atomic E-state index is 12.4. The Morgan fingerprint density at radius 3 is 2.59 bits per heavy atom. The van der Waals surface area contributed by atoms with Crippen molar-refractivity contribution in [1.29, 1.82) is 0 Å². The van der Waals surface area contributed by atoms with Crippen LogP contribution in [0, 0.1) is 6.92 Å². The molecule has 1 N–H and O–H groups in total. The van der Waals surface area contributed by atoms with Gasteiger partial charge in [-0.05, 0) is 44.5 Å². The van der Waals surface area contributed by atoms with Crippen LogP contribution in [-0.4, -0.2) is 28.0 Å². The molecule has 1 unspecified atom stereocenters. The maximum absolute atomic E-state index is 12.4. The Bertz CT molecular complexity index is 614. The number of thioether (sulfide) groups is 1. The minimum atomic E-state index is -0.182. The molecule has 0 radical (unpaired) electrons. The lowest BCUT2D eigenvalue weighted by Crippen LogP contribution is -2.24. The number of carbonyl (C=O) groups is 1. The quantitative estimate of drug-likeness (QED) is 0.780. The first-order chi connectivity index (χ1) is 10.6. The van der Waals surface area contributed by atoms with Crippen molar-refractivity contribution in [1.82, 2.24) is 10.2 Å². The van der Waals surface area contributed by atoms with E-state index in [2.05, 4.69) is 15.5 Å². The van der Waals surface area contributed by atoms with Gasteiger partial charge in [-0.2, -0.15) is 0 Å². The molecule has 0 fully saturated rings. The second-order valence-corrected chi connectivity index (χ2v) is 7.18. The number of carbonyl (C=O) groups excluding carboxylic acids is 1. The van der Waals surface area contributed by atoms with Crippen molar-refractivity contribution in [3.8, 4) is 5.75 Å². The summed E-state index contributed by atoms with van der Waals surface area (Å²) in [5.74, 6) is 0.774. The van der Waals surface area contributed by atoms with Gasteiger partial charge in [0.15, 0.2) is 4.34 Å². The largest absolute Gasteiger partial charge is 0.494 e. The number of nitrogens with one attached hydrogen (secondary N) is 1. The lowest BCUT2D eigenvalue weighted by Gasteiger charge is -2.13. The Morgan fingerprint density at radius 1 is 1.32 bits per heavy atom. The SMILES string of the molecule is CCOc1ccc(NC(=O)C(CC)Sc2nnc(C)s2)cc1. The molecule has 2 rings (SSSR count). The van der Waals surface area contributed by atoms with Crippen molar-refractivity contribution >= 4 is 34.7 Å². The van der Waals surface area contributed by atoms with Gasteiger partial charge in [0.2, 0.25) is 5.91 Å². The van der Waals surface area contributed by atoms with Gasteiger partial charge < -0.3 is 10.1 Å². The van der Waals surface area contributed by atoms with E-state index in [-0.39, 0.29) is 11.2 Å². The van der Waals surface area contributed by atoms with Gasteiger partial charge in [-0.1, -0.05) is 30.0 Å². The van der Waals surface area contributed by atoms with E-state index >= 15 is 0 Å². The number of benzene rings is 1. The average Bonchev–Trinajstić information content (AvgIpc) is 2.92. The van der Waals surface area contributed by atoms with Gasteiger partial charge in [0.25, 0.3) is 0 Å².